The third-order valence-corrected chi connectivity index (χ3v) is 6.90. The molecule has 1 aliphatic rings. The van der Waals surface area contributed by atoms with Crippen LogP contribution in [0.3, 0.4) is 0 Å². The summed E-state index contributed by atoms with van der Waals surface area (Å²) in [5.41, 5.74) is 0.641. The van der Waals surface area contributed by atoms with Crippen LogP contribution in [0.1, 0.15) is 52.7 Å². The van der Waals surface area contributed by atoms with Gasteiger partial charge >= 0.3 is 0 Å². The molecule has 0 radical (unpaired) electrons. The van der Waals surface area contributed by atoms with Crippen LogP contribution in [-0.4, -0.2) is 42.3 Å². The van der Waals surface area contributed by atoms with Crippen molar-refractivity contribution in [3.8, 4) is 5.75 Å². The van der Waals surface area contributed by atoms with Crippen LogP contribution >= 0.6 is 11.3 Å². The average molecular weight is 496 g/mol. The van der Waals surface area contributed by atoms with Gasteiger partial charge in [0.25, 0.3) is 5.91 Å². The van der Waals surface area contributed by atoms with Crippen molar-refractivity contribution in [3.05, 3.63) is 76.4 Å². The van der Waals surface area contributed by atoms with Crippen molar-refractivity contribution < 1.29 is 23.5 Å². The Kier molecular flexibility index (Phi) is 8.20. The zero-order valence-electron chi connectivity index (χ0n) is 19.6. The third kappa shape index (κ3) is 6.30. The third-order valence-electron chi connectivity index (χ3n) is 6.04. The van der Waals surface area contributed by atoms with Crippen molar-refractivity contribution in [2.75, 3.05) is 13.7 Å². The molecule has 2 heterocycles. The number of nitrogens with one attached hydrogen (secondary N) is 2. The Bertz CT molecular complexity index is 1120. The van der Waals surface area contributed by atoms with Crippen molar-refractivity contribution in [3.63, 3.8) is 0 Å². The van der Waals surface area contributed by atoms with Gasteiger partial charge in [-0.1, -0.05) is 31.0 Å². The van der Waals surface area contributed by atoms with E-state index < -0.39 is 11.9 Å². The van der Waals surface area contributed by atoms with Crippen LogP contribution < -0.4 is 15.4 Å². The molecule has 3 aromatic rings. The summed E-state index contributed by atoms with van der Waals surface area (Å²) in [6.07, 6.45) is 5.39. The second-order valence-corrected chi connectivity index (χ2v) is 9.46. The van der Waals surface area contributed by atoms with Gasteiger partial charge in [0.1, 0.15) is 11.8 Å². The summed E-state index contributed by atoms with van der Waals surface area (Å²) in [7, 11) is 1.56. The number of methoxy groups -OCH3 is 1. The molecule has 9 heteroatoms. The molecule has 0 spiro atoms. The van der Waals surface area contributed by atoms with Gasteiger partial charge in [-0.05, 0) is 54.1 Å². The molecule has 1 saturated carbocycles. The van der Waals surface area contributed by atoms with Crippen LogP contribution in [0, 0.1) is 0 Å². The first kappa shape index (κ1) is 24.5. The lowest BCUT2D eigenvalue weighted by Gasteiger charge is -2.32. The lowest BCUT2D eigenvalue weighted by molar-refractivity contribution is -0.141. The number of hydrogen-bond acceptors (Lipinski definition) is 6. The van der Waals surface area contributed by atoms with Crippen LogP contribution in [0.5, 0.6) is 5.75 Å². The van der Waals surface area contributed by atoms with Gasteiger partial charge in [-0.3, -0.25) is 14.4 Å². The Labute approximate surface area is 208 Å². The van der Waals surface area contributed by atoms with Crippen LogP contribution in [0.15, 0.2) is 64.6 Å². The number of nitrogens with zero attached hydrogens (tertiary/aromatic N) is 1. The molecule has 35 heavy (non-hydrogen) atoms. The van der Waals surface area contributed by atoms with Gasteiger partial charge in [0.05, 0.1) is 26.5 Å². The molecule has 1 aromatic carbocycles. The molecule has 4 rings (SSSR count). The normalized spacial score (nSPS) is 14.3. The number of rotatable bonds is 10. The molecule has 0 aliphatic heterocycles. The molecule has 3 amide bonds. The fourth-order valence-electron chi connectivity index (χ4n) is 4.28. The Balaban J connectivity index is 1.63. The number of ether oxygens (including phenoxy) is 1. The molecule has 184 valence electrons. The number of hydrogen-bond donors (Lipinski definition) is 2. The summed E-state index contributed by atoms with van der Waals surface area (Å²) in [5, 5.41) is 7.68. The number of amides is 3. The van der Waals surface area contributed by atoms with E-state index in [-0.39, 0.29) is 36.7 Å². The number of carbonyl (C=O) groups is 3. The maximum atomic E-state index is 13.7. The minimum Gasteiger partial charge on any atom is -0.497 e. The average Bonchev–Trinajstić information content (AvgIpc) is 3.66. The van der Waals surface area contributed by atoms with Gasteiger partial charge < -0.3 is 24.7 Å². The maximum Gasteiger partial charge on any atom is 0.287 e. The molecular weight excluding hydrogens is 466 g/mol. The fraction of sp³-hybridized carbons (Fsp3) is 0.346. The highest BCUT2D eigenvalue weighted by Gasteiger charge is 2.34. The zero-order valence-corrected chi connectivity index (χ0v) is 20.4. The zero-order chi connectivity index (χ0) is 24.6. The first-order valence-electron chi connectivity index (χ1n) is 11.6. The number of benzene rings is 1. The molecule has 1 atom stereocenters. The first-order chi connectivity index (χ1) is 17.0. The monoisotopic (exact) mass is 495 g/mol. The number of thiophene rings is 1. The van der Waals surface area contributed by atoms with Gasteiger partial charge in [0.2, 0.25) is 11.8 Å². The van der Waals surface area contributed by atoms with E-state index in [2.05, 4.69) is 10.6 Å². The van der Waals surface area contributed by atoms with E-state index in [1.165, 1.54) is 28.6 Å². The van der Waals surface area contributed by atoms with E-state index in [4.69, 9.17) is 9.15 Å². The molecular formula is C26H29N3O5S. The van der Waals surface area contributed by atoms with E-state index >= 15 is 0 Å². The van der Waals surface area contributed by atoms with Crippen LogP contribution in [-0.2, 0) is 16.1 Å². The van der Waals surface area contributed by atoms with Crippen molar-refractivity contribution in [2.24, 2.45) is 0 Å². The highest BCUT2D eigenvalue weighted by atomic mass is 32.1. The Morgan fingerprint density at radius 3 is 2.66 bits per heavy atom. The summed E-state index contributed by atoms with van der Waals surface area (Å²) in [6, 6.07) is 13.3. The van der Waals surface area contributed by atoms with E-state index in [0.717, 1.165) is 30.6 Å². The predicted molar refractivity (Wildman–Crippen MR) is 132 cm³/mol. The lowest BCUT2D eigenvalue weighted by atomic mass is 10.0. The highest BCUT2D eigenvalue weighted by Crippen LogP contribution is 2.29. The van der Waals surface area contributed by atoms with E-state index in [1.54, 1.807) is 31.4 Å². The van der Waals surface area contributed by atoms with E-state index in [0.29, 0.717) is 11.3 Å². The predicted octanol–water partition coefficient (Wildman–Crippen LogP) is 3.91. The summed E-state index contributed by atoms with van der Waals surface area (Å²) in [5.74, 6) is -0.408. The molecule has 1 fully saturated rings. The Morgan fingerprint density at radius 2 is 1.97 bits per heavy atom. The van der Waals surface area contributed by atoms with Crippen molar-refractivity contribution in [2.45, 2.75) is 44.3 Å². The molecule has 0 bridgehead atoms. The topological polar surface area (TPSA) is 101 Å². The number of furan rings is 1. The van der Waals surface area contributed by atoms with Crippen molar-refractivity contribution >= 4 is 29.1 Å². The Morgan fingerprint density at radius 1 is 1.14 bits per heavy atom. The minimum atomic E-state index is -0.888. The fourth-order valence-corrected chi connectivity index (χ4v) is 4.98. The molecule has 0 saturated heterocycles. The highest BCUT2D eigenvalue weighted by molar-refractivity contribution is 7.09. The largest absolute Gasteiger partial charge is 0.497 e. The Hall–Kier alpha value is -3.59. The SMILES string of the molecule is COc1cccc([C@@H](C(=O)NC2CCCC2)N(Cc2cccs2)C(=O)CNC(=O)c2ccco2)c1. The first-order valence-corrected chi connectivity index (χ1v) is 12.5. The van der Waals surface area contributed by atoms with Crippen molar-refractivity contribution in [1.82, 2.24) is 15.5 Å². The van der Waals surface area contributed by atoms with E-state index in [9.17, 15) is 14.4 Å². The summed E-state index contributed by atoms with van der Waals surface area (Å²) >= 11 is 1.50. The summed E-state index contributed by atoms with van der Waals surface area (Å²) in [4.78, 5) is 42.0. The van der Waals surface area contributed by atoms with Crippen LogP contribution in [0.2, 0.25) is 0 Å². The van der Waals surface area contributed by atoms with Gasteiger partial charge in [-0.2, -0.15) is 0 Å². The summed E-state index contributed by atoms with van der Waals surface area (Å²) in [6.45, 7) is -0.0465. The minimum absolute atomic E-state index is 0.0907. The maximum absolute atomic E-state index is 13.7. The molecule has 1 aliphatic carbocycles. The van der Waals surface area contributed by atoms with Gasteiger partial charge in [-0.25, -0.2) is 0 Å². The molecule has 2 N–H and O–H groups in total. The van der Waals surface area contributed by atoms with Crippen molar-refractivity contribution in [1.29, 1.82) is 0 Å². The van der Waals surface area contributed by atoms with Gasteiger partial charge in [-0.15, -0.1) is 11.3 Å². The van der Waals surface area contributed by atoms with Crippen LogP contribution in [0.4, 0.5) is 0 Å². The van der Waals surface area contributed by atoms with Gasteiger partial charge in [0, 0.05) is 10.9 Å². The second kappa shape index (κ2) is 11.7. The number of carbonyl (C=O) groups excluding carboxylic acids is 3. The van der Waals surface area contributed by atoms with Crippen LogP contribution in [0.25, 0.3) is 0 Å². The van der Waals surface area contributed by atoms with Gasteiger partial charge in [0.15, 0.2) is 5.76 Å². The standard InChI is InChI=1S/C26H29N3O5S/c1-33-20-10-4-7-18(15-20)24(26(32)28-19-8-2-3-9-19)29(17-21-11-6-14-35-21)23(30)16-27-25(31)22-12-5-13-34-22/h4-7,10-15,19,24H,2-3,8-9,16-17H2,1H3,(H,27,31)(H,28,32)/t24-/m0/s1. The molecule has 0 unspecified atom stereocenters. The molecule has 2 aromatic heterocycles. The summed E-state index contributed by atoms with van der Waals surface area (Å²) < 4.78 is 10.5. The lowest BCUT2D eigenvalue weighted by Crippen LogP contribution is -2.48. The molecule has 8 nitrogen and oxygen atoms in total. The quantitative estimate of drug-likeness (QED) is 0.444. The smallest absolute Gasteiger partial charge is 0.287 e. The second-order valence-electron chi connectivity index (χ2n) is 8.43. The van der Waals surface area contributed by atoms with E-state index in [1.807, 2.05) is 23.6 Å².